The summed E-state index contributed by atoms with van der Waals surface area (Å²) in [6.07, 6.45) is 0.786. The zero-order valence-corrected chi connectivity index (χ0v) is 20.7. The van der Waals surface area contributed by atoms with E-state index in [1.54, 1.807) is 6.07 Å². The van der Waals surface area contributed by atoms with Crippen molar-refractivity contribution in [3.8, 4) is 11.5 Å². The number of nitrogens with zero attached hydrogens (tertiary/aromatic N) is 1. The number of anilines is 1. The average Bonchev–Trinajstić information content (AvgIpc) is 3.28. The van der Waals surface area contributed by atoms with Gasteiger partial charge in [-0.3, -0.25) is 4.79 Å². The Labute approximate surface area is 213 Å². The van der Waals surface area contributed by atoms with Gasteiger partial charge in [-0.25, -0.2) is 0 Å². The van der Waals surface area contributed by atoms with E-state index in [2.05, 4.69) is 29.4 Å². The minimum absolute atomic E-state index is 0.164. The molecule has 0 spiro atoms. The van der Waals surface area contributed by atoms with Gasteiger partial charge in [-0.2, -0.15) is 0 Å². The molecule has 0 unspecified atom stereocenters. The molecule has 3 aromatic carbocycles. The molecule has 0 bridgehead atoms. The lowest BCUT2D eigenvalue weighted by Crippen LogP contribution is -2.37. The molecule has 0 saturated heterocycles. The van der Waals surface area contributed by atoms with Gasteiger partial charge >= 0.3 is 0 Å². The number of rotatable bonds is 6. The molecule has 2 heterocycles. The van der Waals surface area contributed by atoms with Crippen molar-refractivity contribution >= 4 is 45.5 Å². The van der Waals surface area contributed by atoms with Gasteiger partial charge in [0.05, 0.1) is 12.1 Å². The van der Waals surface area contributed by atoms with Crippen LogP contribution in [-0.4, -0.2) is 28.3 Å². The molecule has 0 aliphatic carbocycles. The van der Waals surface area contributed by atoms with Crippen molar-refractivity contribution in [1.29, 1.82) is 0 Å². The number of hydrogen-bond donors (Lipinski definition) is 2. The summed E-state index contributed by atoms with van der Waals surface area (Å²) in [6.45, 7) is 3.26. The Hall–Kier alpha value is -3.55. The molecule has 6 nitrogen and oxygen atoms in total. The van der Waals surface area contributed by atoms with Gasteiger partial charge in [0.2, 0.25) is 6.79 Å². The van der Waals surface area contributed by atoms with Crippen molar-refractivity contribution in [2.24, 2.45) is 0 Å². The van der Waals surface area contributed by atoms with Gasteiger partial charge in [-0.15, -0.1) is 0 Å². The molecule has 0 fully saturated rings. The van der Waals surface area contributed by atoms with Crippen LogP contribution in [0.5, 0.6) is 11.5 Å². The Kier molecular flexibility index (Phi) is 6.61. The molecule has 5 rings (SSSR count). The number of hydrogen-bond acceptors (Lipinski definition) is 4. The third-order valence-electron chi connectivity index (χ3n) is 6.05. The summed E-state index contributed by atoms with van der Waals surface area (Å²) in [4.78, 5) is 18.0. The van der Waals surface area contributed by atoms with E-state index in [-0.39, 0.29) is 12.4 Å². The zero-order chi connectivity index (χ0) is 24.4. The Morgan fingerprint density at radius 2 is 1.86 bits per heavy atom. The maximum Gasteiger partial charge on any atom is 0.253 e. The minimum atomic E-state index is -0.164. The highest BCUT2D eigenvalue weighted by Crippen LogP contribution is 2.35. The third kappa shape index (κ3) is 5.26. The average molecular weight is 506 g/mol. The van der Waals surface area contributed by atoms with Crippen LogP contribution in [0.1, 0.15) is 16.7 Å². The summed E-state index contributed by atoms with van der Waals surface area (Å²) < 4.78 is 10.9. The largest absolute Gasteiger partial charge is 0.454 e. The van der Waals surface area contributed by atoms with Gasteiger partial charge in [0.15, 0.2) is 16.6 Å². The Bertz CT molecular complexity index is 1470. The lowest BCUT2D eigenvalue weighted by molar-refractivity contribution is 0.174. The summed E-state index contributed by atoms with van der Waals surface area (Å²) in [7, 11) is 0. The second-order valence-corrected chi connectivity index (χ2v) is 9.28. The normalized spacial score (nSPS) is 12.1. The monoisotopic (exact) mass is 505 g/mol. The fraction of sp³-hybridized carbons (Fsp3) is 0.185. The maximum atomic E-state index is 13.0. The molecule has 4 aromatic rings. The van der Waals surface area contributed by atoms with Crippen LogP contribution in [0.25, 0.3) is 10.9 Å². The molecule has 0 atom stereocenters. The number of halogens is 1. The van der Waals surface area contributed by atoms with Crippen LogP contribution >= 0.6 is 23.8 Å². The van der Waals surface area contributed by atoms with Crippen molar-refractivity contribution in [3.63, 3.8) is 0 Å². The second-order valence-electron chi connectivity index (χ2n) is 8.45. The summed E-state index contributed by atoms with van der Waals surface area (Å²) >= 11 is 11.9. The number of aromatic amines is 1. The van der Waals surface area contributed by atoms with E-state index in [0.29, 0.717) is 45.8 Å². The van der Waals surface area contributed by atoms with Gasteiger partial charge in [0, 0.05) is 34.3 Å². The molecule has 178 valence electrons. The van der Waals surface area contributed by atoms with E-state index in [9.17, 15) is 4.79 Å². The fourth-order valence-corrected chi connectivity index (χ4v) is 4.60. The van der Waals surface area contributed by atoms with E-state index in [1.807, 2.05) is 53.4 Å². The van der Waals surface area contributed by atoms with Crippen molar-refractivity contribution < 1.29 is 9.47 Å². The molecule has 1 aliphatic heterocycles. The number of fused-ring (bicyclic) bond motifs is 2. The van der Waals surface area contributed by atoms with Crippen LogP contribution in [-0.2, 0) is 13.0 Å². The van der Waals surface area contributed by atoms with Gasteiger partial charge < -0.3 is 24.7 Å². The van der Waals surface area contributed by atoms with E-state index in [0.717, 1.165) is 17.5 Å². The fourth-order valence-electron chi connectivity index (χ4n) is 4.13. The number of benzene rings is 3. The smallest absolute Gasteiger partial charge is 0.253 e. The van der Waals surface area contributed by atoms with Gasteiger partial charge in [-0.05, 0) is 67.0 Å². The van der Waals surface area contributed by atoms with E-state index >= 15 is 0 Å². The summed E-state index contributed by atoms with van der Waals surface area (Å²) in [6, 6.07) is 21.2. The van der Waals surface area contributed by atoms with Crippen molar-refractivity contribution in [1.82, 2.24) is 9.88 Å². The number of nitrogens with one attached hydrogen (secondary N) is 2. The highest BCUT2D eigenvalue weighted by atomic mass is 35.5. The first-order valence-electron chi connectivity index (χ1n) is 11.3. The molecular weight excluding hydrogens is 482 g/mol. The van der Waals surface area contributed by atoms with Crippen molar-refractivity contribution in [2.75, 3.05) is 18.7 Å². The van der Waals surface area contributed by atoms with E-state index in [4.69, 9.17) is 33.3 Å². The Morgan fingerprint density at radius 3 is 2.66 bits per heavy atom. The maximum absolute atomic E-state index is 13.0. The molecule has 8 heteroatoms. The van der Waals surface area contributed by atoms with Crippen molar-refractivity contribution in [2.45, 2.75) is 19.9 Å². The van der Waals surface area contributed by atoms with Crippen LogP contribution in [0.15, 0.2) is 71.5 Å². The standard InChI is InChI=1S/C27H24ClN3O3S/c1-17-5-2-3-6-18(17)9-10-31(27(35)29-22-8-4-7-21(28)13-22)15-20-11-19-12-24-25(34-16-33-24)14-23(19)30-26(20)32/h2-8,11-14H,9-10,15-16H2,1H3,(H,29,35)(H,30,32). The SMILES string of the molecule is Cc1ccccc1CCN(Cc1cc2cc3c(cc2[nH]c1=O)OCO3)C(=S)Nc1cccc(Cl)c1. The first-order chi connectivity index (χ1) is 17.0. The predicted octanol–water partition coefficient (Wildman–Crippen LogP) is 5.66. The van der Waals surface area contributed by atoms with Crippen LogP contribution in [0.4, 0.5) is 5.69 Å². The molecule has 0 radical (unpaired) electrons. The van der Waals surface area contributed by atoms with Gasteiger partial charge in [-0.1, -0.05) is 41.9 Å². The third-order valence-corrected chi connectivity index (χ3v) is 6.65. The molecule has 0 amide bonds. The number of pyridine rings is 1. The number of thiocarbonyl (C=S) groups is 1. The lowest BCUT2D eigenvalue weighted by Gasteiger charge is -2.26. The van der Waals surface area contributed by atoms with Crippen molar-refractivity contribution in [3.05, 3.63) is 98.8 Å². The molecule has 1 aromatic heterocycles. The zero-order valence-electron chi connectivity index (χ0n) is 19.1. The lowest BCUT2D eigenvalue weighted by atomic mass is 10.1. The van der Waals surface area contributed by atoms with Crippen LogP contribution in [0.2, 0.25) is 5.02 Å². The molecule has 2 N–H and O–H groups in total. The quantitative estimate of drug-likeness (QED) is 0.330. The highest BCUT2D eigenvalue weighted by Gasteiger charge is 2.18. The Balaban J connectivity index is 1.43. The predicted molar refractivity (Wildman–Crippen MR) is 144 cm³/mol. The molecule has 1 aliphatic rings. The van der Waals surface area contributed by atoms with E-state index in [1.165, 1.54) is 11.1 Å². The number of H-pyrrole nitrogens is 1. The van der Waals surface area contributed by atoms with E-state index < -0.39 is 0 Å². The second kappa shape index (κ2) is 9.98. The topological polar surface area (TPSA) is 66.6 Å². The molecule has 35 heavy (non-hydrogen) atoms. The molecule has 0 saturated carbocycles. The highest BCUT2D eigenvalue weighted by molar-refractivity contribution is 7.80. The number of aromatic nitrogens is 1. The first kappa shape index (κ1) is 23.2. The number of ether oxygens (including phenoxy) is 2. The summed E-state index contributed by atoms with van der Waals surface area (Å²) in [5.74, 6) is 1.30. The minimum Gasteiger partial charge on any atom is -0.454 e. The first-order valence-corrected chi connectivity index (χ1v) is 12.1. The van der Waals surface area contributed by atoms with Gasteiger partial charge in [0.25, 0.3) is 5.56 Å². The molecular formula is C27H24ClN3O3S. The van der Waals surface area contributed by atoms with Gasteiger partial charge in [0.1, 0.15) is 0 Å². The number of aryl methyl sites for hydroxylation is 1. The van der Waals surface area contributed by atoms with Crippen LogP contribution in [0, 0.1) is 6.92 Å². The Morgan fingerprint density at radius 1 is 1.06 bits per heavy atom. The summed E-state index contributed by atoms with van der Waals surface area (Å²) in [5, 5.41) is 5.28. The van der Waals surface area contributed by atoms with Crippen LogP contribution < -0.4 is 20.3 Å². The van der Waals surface area contributed by atoms with Crippen LogP contribution in [0.3, 0.4) is 0 Å². The summed E-state index contributed by atoms with van der Waals surface area (Å²) in [5.41, 5.74) is 4.40.